The molecule has 0 bridgehead atoms. The number of pyridine rings is 1. The number of aromatic nitrogens is 1. The van der Waals surface area contributed by atoms with Crippen molar-refractivity contribution in [2.75, 3.05) is 0 Å². The Hall–Kier alpha value is -1.09. The monoisotopic (exact) mass is 428 g/mol. The second-order valence-electron chi connectivity index (χ2n) is 10.2. The summed E-state index contributed by atoms with van der Waals surface area (Å²) in [5, 5.41) is 0. The van der Waals surface area contributed by atoms with Gasteiger partial charge in [0.1, 0.15) is 0 Å². The Morgan fingerprint density at radius 3 is 2.04 bits per heavy atom. The van der Waals surface area contributed by atoms with Crippen LogP contribution in [0.3, 0.4) is 0 Å². The van der Waals surface area contributed by atoms with Crippen molar-refractivity contribution < 1.29 is 4.57 Å². The molecule has 1 aromatic heterocycles. The van der Waals surface area contributed by atoms with E-state index in [1.165, 1.54) is 35.2 Å². The number of hydrogen-bond acceptors (Lipinski definition) is 0. The van der Waals surface area contributed by atoms with Gasteiger partial charge in [0.05, 0.1) is 0 Å². The van der Waals surface area contributed by atoms with E-state index in [4.69, 9.17) is 0 Å². The summed E-state index contributed by atoms with van der Waals surface area (Å²) in [6, 6.07) is 9.56. The third-order valence-electron chi connectivity index (χ3n) is 5.91. The Morgan fingerprint density at radius 1 is 1.00 bits per heavy atom. The maximum absolute atomic E-state index is 2.53. The molecule has 0 amide bonds. The van der Waals surface area contributed by atoms with E-state index in [2.05, 4.69) is 101 Å². The first-order valence-corrected chi connectivity index (χ1v) is 17.9. The van der Waals surface area contributed by atoms with Gasteiger partial charge in [-0.05, 0) is 0 Å². The number of rotatable bonds is 5. The van der Waals surface area contributed by atoms with E-state index in [1.54, 1.807) is 9.96 Å². The fraction of sp³-hybridized carbons (Fsp3) is 0.560. The first kappa shape index (κ1) is 22.2. The van der Waals surface area contributed by atoms with Crippen LogP contribution in [0.25, 0.3) is 11.3 Å². The molecule has 0 saturated heterocycles. The third kappa shape index (κ3) is 4.85. The summed E-state index contributed by atoms with van der Waals surface area (Å²) >= 11 is -1.98. The zero-order valence-corrected chi connectivity index (χ0v) is 21.4. The molecule has 0 fully saturated rings. The standard InChI is InChI=1S/C25H40GeN/c1-11-19(12-2)22-17-27(10)24(16-23(22)26(7,8)9)21-14-13-20(15-18(21)3)25(4,5)6/h13-17,19H,11-12H2,1-10H3/q+1. The molecule has 0 aliphatic heterocycles. The minimum absolute atomic E-state index is 0.191. The van der Waals surface area contributed by atoms with Crippen molar-refractivity contribution in [3.8, 4) is 11.3 Å². The van der Waals surface area contributed by atoms with Crippen LogP contribution >= 0.6 is 0 Å². The van der Waals surface area contributed by atoms with Gasteiger partial charge in [-0.2, -0.15) is 0 Å². The molecule has 1 heterocycles. The molecule has 0 unspecified atom stereocenters. The van der Waals surface area contributed by atoms with E-state index < -0.39 is 13.3 Å². The molecule has 0 aliphatic carbocycles. The Labute approximate surface area is 170 Å². The van der Waals surface area contributed by atoms with Gasteiger partial charge in [-0.1, -0.05) is 0 Å². The van der Waals surface area contributed by atoms with Crippen molar-refractivity contribution in [3.63, 3.8) is 0 Å². The van der Waals surface area contributed by atoms with Gasteiger partial charge in [-0.15, -0.1) is 0 Å². The van der Waals surface area contributed by atoms with Gasteiger partial charge in [-0.3, -0.25) is 0 Å². The van der Waals surface area contributed by atoms with E-state index in [0.717, 1.165) is 0 Å². The first-order chi connectivity index (χ1) is 12.4. The number of benzene rings is 1. The molecule has 2 aromatic rings. The van der Waals surface area contributed by atoms with Crippen molar-refractivity contribution in [2.45, 2.75) is 83.0 Å². The van der Waals surface area contributed by atoms with Crippen LogP contribution in [0.5, 0.6) is 0 Å². The van der Waals surface area contributed by atoms with Crippen LogP contribution in [-0.4, -0.2) is 13.3 Å². The molecule has 1 nitrogen and oxygen atoms in total. The molecule has 148 valence electrons. The second-order valence-corrected chi connectivity index (χ2v) is 20.8. The van der Waals surface area contributed by atoms with Crippen LogP contribution in [0, 0.1) is 6.92 Å². The van der Waals surface area contributed by atoms with Gasteiger partial charge >= 0.3 is 171 Å². The predicted octanol–water partition coefficient (Wildman–Crippen LogP) is 6.23. The molecule has 2 rings (SSSR count). The van der Waals surface area contributed by atoms with Gasteiger partial charge in [-0.25, -0.2) is 0 Å². The summed E-state index contributed by atoms with van der Waals surface area (Å²) in [6.45, 7) is 13.8. The zero-order valence-electron chi connectivity index (χ0n) is 19.3. The van der Waals surface area contributed by atoms with Gasteiger partial charge in [0.2, 0.25) is 0 Å². The van der Waals surface area contributed by atoms with Crippen LogP contribution in [-0.2, 0) is 12.5 Å². The van der Waals surface area contributed by atoms with E-state index in [1.807, 2.05) is 0 Å². The van der Waals surface area contributed by atoms with Crippen LogP contribution in [0.15, 0.2) is 30.5 Å². The number of hydrogen-bond donors (Lipinski definition) is 0. The van der Waals surface area contributed by atoms with Crippen molar-refractivity contribution >= 4 is 17.7 Å². The number of aryl methyl sites for hydroxylation is 2. The molecule has 0 atom stereocenters. The average Bonchev–Trinajstić information content (AvgIpc) is 2.54. The van der Waals surface area contributed by atoms with Crippen LogP contribution in [0.2, 0.25) is 17.3 Å². The maximum atomic E-state index is 2.53. The molecule has 0 radical (unpaired) electrons. The molecule has 27 heavy (non-hydrogen) atoms. The zero-order chi connectivity index (χ0) is 20.6. The van der Waals surface area contributed by atoms with Crippen LogP contribution in [0.4, 0.5) is 0 Å². The minimum atomic E-state index is -1.98. The summed E-state index contributed by atoms with van der Waals surface area (Å²) in [5.74, 6) is 8.26. The normalized spacial score (nSPS) is 12.7. The Balaban J connectivity index is 2.69. The van der Waals surface area contributed by atoms with E-state index in [-0.39, 0.29) is 5.41 Å². The quantitative estimate of drug-likeness (QED) is 0.393. The summed E-state index contributed by atoms with van der Waals surface area (Å²) in [6.07, 6.45) is 4.89. The Bertz CT molecular complexity index is 802. The average molecular weight is 427 g/mol. The molecular weight excluding hydrogens is 387 g/mol. The van der Waals surface area contributed by atoms with Gasteiger partial charge in [0.15, 0.2) is 0 Å². The molecule has 1 aromatic carbocycles. The topological polar surface area (TPSA) is 3.88 Å². The molecule has 0 spiro atoms. The summed E-state index contributed by atoms with van der Waals surface area (Å²) in [5.41, 5.74) is 7.31. The van der Waals surface area contributed by atoms with Crippen molar-refractivity contribution in [2.24, 2.45) is 7.05 Å². The Kier molecular flexibility index (Phi) is 6.67. The van der Waals surface area contributed by atoms with Crippen molar-refractivity contribution in [3.05, 3.63) is 47.2 Å². The van der Waals surface area contributed by atoms with E-state index in [9.17, 15) is 0 Å². The fourth-order valence-corrected chi connectivity index (χ4v) is 7.63. The molecular formula is C25H40GeN+. The van der Waals surface area contributed by atoms with Gasteiger partial charge < -0.3 is 0 Å². The predicted molar refractivity (Wildman–Crippen MR) is 123 cm³/mol. The van der Waals surface area contributed by atoms with E-state index in [0.29, 0.717) is 5.92 Å². The van der Waals surface area contributed by atoms with Crippen LogP contribution < -0.4 is 8.96 Å². The van der Waals surface area contributed by atoms with Crippen molar-refractivity contribution in [1.82, 2.24) is 0 Å². The Morgan fingerprint density at radius 2 is 1.59 bits per heavy atom. The van der Waals surface area contributed by atoms with Crippen molar-refractivity contribution in [1.29, 1.82) is 0 Å². The molecule has 0 N–H and O–H groups in total. The van der Waals surface area contributed by atoms with Crippen LogP contribution in [0.1, 0.15) is 70.1 Å². The first-order valence-electron chi connectivity index (χ1n) is 10.6. The summed E-state index contributed by atoms with van der Waals surface area (Å²) in [7, 11) is 2.22. The molecule has 2 heteroatoms. The van der Waals surface area contributed by atoms with E-state index >= 15 is 0 Å². The molecule has 0 saturated carbocycles. The number of nitrogens with zero attached hydrogens (tertiary/aromatic N) is 1. The fourth-order valence-electron chi connectivity index (χ4n) is 4.06. The second kappa shape index (κ2) is 8.11. The molecule has 0 aliphatic rings. The van der Waals surface area contributed by atoms with Gasteiger partial charge in [0, 0.05) is 0 Å². The van der Waals surface area contributed by atoms with Gasteiger partial charge in [0.25, 0.3) is 0 Å². The summed E-state index contributed by atoms with van der Waals surface area (Å²) < 4.78 is 4.04. The summed E-state index contributed by atoms with van der Waals surface area (Å²) in [4.78, 5) is 0. The SMILES string of the molecule is CCC(CC)c1c[n+](C)c(-c2ccc(C(C)(C)C)cc2C)c[c]1[Ge]([CH3])([CH3])[CH3]. The third-order valence-corrected chi connectivity index (χ3v) is 10.2.